The summed E-state index contributed by atoms with van der Waals surface area (Å²) in [5, 5.41) is 2.74. The van der Waals surface area contributed by atoms with Crippen molar-refractivity contribution in [2.75, 3.05) is 13.7 Å². The van der Waals surface area contributed by atoms with Gasteiger partial charge in [-0.15, -0.1) is 0 Å². The van der Waals surface area contributed by atoms with Crippen molar-refractivity contribution in [1.82, 2.24) is 5.32 Å². The first-order valence-electron chi connectivity index (χ1n) is 10.4. The highest BCUT2D eigenvalue weighted by Crippen LogP contribution is 2.44. The molecule has 1 aliphatic heterocycles. The first kappa shape index (κ1) is 20.7. The first-order chi connectivity index (χ1) is 13.8. The van der Waals surface area contributed by atoms with Gasteiger partial charge in [0.2, 0.25) is 0 Å². The maximum atomic E-state index is 13.2. The average molecular weight is 407 g/mol. The van der Waals surface area contributed by atoms with E-state index >= 15 is 0 Å². The third-order valence-electron chi connectivity index (χ3n) is 5.96. The Balaban J connectivity index is 1.55. The highest BCUT2D eigenvalue weighted by molar-refractivity contribution is 5.85. The van der Waals surface area contributed by atoms with Gasteiger partial charge in [0.25, 0.3) is 5.91 Å². The smallest absolute Gasteiger partial charge is 0.252 e. The third-order valence-corrected chi connectivity index (χ3v) is 5.96. The van der Waals surface area contributed by atoms with Crippen LogP contribution in [0.4, 0.5) is 4.39 Å². The van der Waals surface area contributed by atoms with Gasteiger partial charge in [-0.05, 0) is 50.3 Å². The molecule has 3 fully saturated rings. The molecule has 2 aliphatic carbocycles. The number of halogens is 1. The van der Waals surface area contributed by atoms with Crippen LogP contribution in [0, 0.1) is 11.7 Å². The fourth-order valence-corrected chi connectivity index (χ4v) is 4.28. The molecule has 160 valence electrons. The Bertz CT molecular complexity index is 735. The SMILES string of the molecule is CNC(=O)[C@@]1(OCc2ccc(F)cc2)C[C@H](OCC2CC2)[C@@H]2OC(C)(C)O[C@@H]2C1. The number of carbonyl (C=O) groups excluding carboxylic acids is 1. The van der Waals surface area contributed by atoms with E-state index in [0.717, 1.165) is 5.56 Å². The highest BCUT2D eigenvalue weighted by Gasteiger charge is 2.58. The summed E-state index contributed by atoms with van der Waals surface area (Å²) < 4.78 is 37.9. The largest absolute Gasteiger partial charge is 0.375 e. The number of hydrogen-bond acceptors (Lipinski definition) is 5. The number of rotatable bonds is 7. The van der Waals surface area contributed by atoms with Crippen LogP contribution < -0.4 is 5.32 Å². The molecular weight excluding hydrogens is 377 g/mol. The molecule has 6 nitrogen and oxygen atoms in total. The minimum atomic E-state index is -1.09. The summed E-state index contributed by atoms with van der Waals surface area (Å²) >= 11 is 0. The van der Waals surface area contributed by atoms with Crippen LogP contribution >= 0.6 is 0 Å². The number of fused-ring (bicyclic) bond motifs is 1. The number of benzene rings is 1. The van der Waals surface area contributed by atoms with Gasteiger partial charge >= 0.3 is 0 Å². The van der Waals surface area contributed by atoms with Gasteiger partial charge in [-0.3, -0.25) is 4.79 Å². The second-order valence-corrected chi connectivity index (χ2v) is 8.85. The Labute approximate surface area is 171 Å². The lowest BCUT2D eigenvalue weighted by Crippen LogP contribution is -2.59. The number of carbonyl (C=O) groups is 1. The van der Waals surface area contributed by atoms with Crippen molar-refractivity contribution >= 4 is 5.91 Å². The Morgan fingerprint density at radius 3 is 2.59 bits per heavy atom. The maximum absolute atomic E-state index is 13.2. The quantitative estimate of drug-likeness (QED) is 0.753. The van der Waals surface area contributed by atoms with Gasteiger partial charge in [0, 0.05) is 26.5 Å². The molecule has 1 N–H and O–H groups in total. The molecule has 1 aromatic rings. The molecule has 29 heavy (non-hydrogen) atoms. The highest BCUT2D eigenvalue weighted by atomic mass is 19.1. The zero-order chi connectivity index (χ0) is 20.6. The fourth-order valence-electron chi connectivity index (χ4n) is 4.28. The van der Waals surface area contributed by atoms with E-state index in [9.17, 15) is 9.18 Å². The second-order valence-electron chi connectivity index (χ2n) is 8.85. The van der Waals surface area contributed by atoms with Crippen LogP contribution in [0.25, 0.3) is 0 Å². The van der Waals surface area contributed by atoms with Gasteiger partial charge in [0.05, 0.1) is 18.8 Å². The standard InChI is InChI=1S/C22H30FNO5/c1-21(2)28-18-11-22(20(25)24-3,27-13-15-6-8-16(23)9-7-15)10-17(19(18)29-21)26-12-14-4-5-14/h6-9,14,17-19H,4-5,10-13H2,1-3H3,(H,24,25)/t17-,18+,19-,22+/m0/s1. The minimum absolute atomic E-state index is 0.199. The first-order valence-corrected chi connectivity index (χ1v) is 10.4. The zero-order valence-corrected chi connectivity index (χ0v) is 17.3. The number of amides is 1. The molecule has 0 spiro atoms. The third kappa shape index (κ3) is 4.63. The Kier molecular flexibility index (Phi) is 5.68. The average Bonchev–Trinajstić information content (AvgIpc) is 3.46. The topological polar surface area (TPSA) is 66.0 Å². The molecule has 1 amide bonds. The van der Waals surface area contributed by atoms with Gasteiger partial charge in [-0.25, -0.2) is 4.39 Å². The van der Waals surface area contributed by atoms with E-state index < -0.39 is 11.4 Å². The Morgan fingerprint density at radius 2 is 1.93 bits per heavy atom. The molecule has 4 rings (SSSR count). The predicted molar refractivity (Wildman–Crippen MR) is 104 cm³/mol. The van der Waals surface area contributed by atoms with Gasteiger partial charge in [-0.2, -0.15) is 0 Å². The van der Waals surface area contributed by atoms with E-state index in [4.69, 9.17) is 18.9 Å². The van der Waals surface area contributed by atoms with Gasteiger partial charge in [-0.1, -0.05) is 12.1 Å². The molecule has 3 aliphatic rings. The van der Waals surface area contributed by atoms with Crippen LogP contribution in [0.2, 0.25) is 0 Å². The predicted octanol–water partition coefficient (Wildman–Crippen LogP) is 2.94. The molecule has 1 heterocycles. The molecule has 1 aromatic carbocycles. The molecule has 0 unspecified atom stereocenters. The van der Waals surface area contributed by atoms with Crippen LogP contribution in [0.1, 0.15) is 45.1 Å². The van der Waals surface area contributed by atoms with Crippen molar-refractivity contribution in [1.29, 1.82) is 0 Å². The Morgan fingerprint density at radius 1 is 1.21 bits per heavy atom. The fraction of sp³-hybridized carbons (Fsp3) is 0.682. The van der Waals surface area contributed by atoms with Gasteiger partial charge in [0.15, 0.2) is 11.4 Å². The summed E-state index contributed by atoms with van der Waals surface area (Å²) in [6.45, 7) is 4.62. The van der Waals surface area contributed by atoms with Crippen LogP contribution in [0.3, 0.4) is 0 Å². The van der Waals surface area contributed by atoms with Crippen LogP contribution in [0.15, 0.2) is 24.3 Å². The minimum Gasteiger partial charge on any atom is -0.375 e. The number of hydrogen-bond donors (Lipinski definition) is 1. The second kappa shape index (κ2) is 7.95. The lowest BCUT2D eigenvalue weighted by molar-refractivity contribution is -0.182. The molecule has 0 bridgehead atoms. The maximum Gasteiger partial charge on any atom is 0.252 e. The van der Waals surface area contributed by atoms with Crippen molar-refractivity contribution in [3.63, 3.8) is 0 Å². The van der Waals surface area contributed by atoms with E-state index in [0.29, 0.717) is 25.4 Å². The molecule has 1 saturated heterocycles. The van der Waals surface area contributed by atoms with Gasteiger partial charge in [0.1, 0.15) is 11.9 Å². The summed E-state index contributed by atoms with van der Waals surface area (Å²) in [4.78, 5) is 13.0. The number of likely N-dealkylation sites (N-methyl/N-ethyl adjacent to an activating group) is 1. The summed E-state index contributed by atoms with van der Waals surface area (Å²) in [6.07, 6.45) is 2.33. The van der Waals surface area contributed by atoms with E-state index in [2.05, 4.69) is 5.32 Å². The van der Waals surface area contributed by atoms with E-state index in [-0.39, 0.29) is 36.6 Å². The molecular formula is C22H30FNO5. The monoisotopic (exact) mass is 407 g/mol. The molecule has 0 aromatic heterocycles. The van der Waals surface area contributed by atoms with E-state index in [1.54, 1.807) is 19.2 Å². The molecule has 4 atom stereocenters. The summed E-state index contributed by atoms with van der Waals surface area (Å²) in [5.41, 5.74) is -0.293. The molecule has 7 heteroatoms. The van der Waals surface area contributed by atoms with Crippen molar-refractivity contribution in [3.8, 4) is 0 Å². The van der Waals surface area contributed by atoms with Gasteiger partial charge < -0.3 is 24.3 Å². The van der Waals surface area contributed by atoms with Crippen LogP contribution in [-0.2, 0) is 30.3 Å². The lowest BCUT2D eigenvalue weighted by atomic mass is 9.78. The summed E-state index contributed by atoms with van der Waals surface area (Å²) in [7, 11) is 1.60. The normalized spacial score (nSPS) is 33.3. The van der Waals surface area contributed by atoms with Crippen molar-refractivity contribution < 1.29 is 28.1 Å². The lowest BCUT2D eigenvalue weighted by Gasteiger charge is -2.43. The Hall–Kier alpha value is -1.54. The zero-order valence-electron chi connectivity index (χ0n) is 17.3. The van der Waals surface area contributed by atoms with Crippen molar-refractivity contribution in [3.05, 3.63) is 35.6 Å². The van der Waals surface area contributed by atoms with Crippen molar-refractivity contribution in [2.24, 2.45) is 5.92 Å². The number of ether oxygens (including phenoxy) is 4. The van der Waals surface area contributed by atoms with E-state index in [1.165, 1.54) is 25.0 Å². The summed E-state index contributed by atoms with van der Waals surface area (Å²) in [6, 6.07) is 6.11. The van der Waals surface area contributed by atoms with Crippen LogP contribution in [-0.4, -0.2) is 49.3 Å². The van der Waals surface area contributed by atoms with Crippen LogP contribution in [0.5, 0.6) is 0 Å². The summed E-state index contributed by atoms with van der Waals surface area (Å²) in [5.74, 6) is -0.638. The number of nitrogens with one attached hydrogen (secondary N) is 1. The van der Waals surface area contributed by atoms with Crippen molar-refractivity contribution in [2.45, 2.75) is 75.8 Å². The van der Waals surface area contributed by atoms with E-state index in [1.807, 2.05) is 13.8 Å². The molecule has 0 radical (unpaired) electrons. The molecule has 2 saturated carbocycles.